The fourth-order valence-electron chi connectivity index (χ4n) is 6.06. The lowest BCUT2D eigenvalue weighted by molar-refractivity contribution is 0.269. The molecule has 0 unspecified atom stereocenters. The zero-order valence-corrected chi connectivity index (χ0v) is 26.5. The molecule has 6 nitrogen and oxygen atoms in total. The van der Waals surface area contributed by atoms with Gasteiger partial charge >= 0.3 is 0 Å². The zero-order chi connectivity index (χ0) is 30.9. The van der Waals surface area contributed by atoms with E-state index in [1.807, 2.05) is 78.2 Å². The third-order valence-electron chi connectivity index (χ3n) is 8.19. The molecule has 2 heterocycles. The Bertz CT molecular complexity index is 2130. The van der Waals surface area contributed by atoms with Crippen molar-refractivity contribution < 1.29 is 14.2 Å². The van der Waals surface area contributed by atoms with E-state index >= 15 is 0 Å². The van der Waals surface area contributed by atoms with E-state index in [-0.39, 0.29) is 11.6 Å². The minimum atomic E-state index is -0.276. The molecule has 1 aromatic heterocycles. The average molecular weight is 635 g/mol. The normalized spacial score (nSPS) is 15.5. The quantitative estimate of drug-likeness (QED) is 0.185. The minimum absolute atomic E-state index is 0.0750. The summed E-state index contributed by atoms with van der Waals surface area (Å²) in [6, 6.07) is 29.5. The van der Waals surface area contributed by atoms with E-state index in [4.69, 9.17) is 30.8 Å². The highest BCUT2D eigenvalue weighted by Gasteiger charge is 2.32. The van der Waals surface area contributed by atoms with Gasteiger partial charge in [0.05, 0.1) is 30.0 Å². The number of hydrogen-bond donors (Lipinski definition) is 0. The topological polar surface area (TPSA) is 62.0 Å². The molecular weight excluding hydrogens is 604 g/mol. The molecule has 1 atom stereocenters. The molecule has 0 spiro atoms. The van der Waals surface area contributed by atoms with E-state index in [2.05, 4.69) is 30.3 Å². The van der Waals surface area contributed by atoms with Crippen molar-refractivity contribution in [3.05, 3.63) is 149 Å². The maximum atomic E-state index is 14.2. The van der Waals surface area contributed by atoms with E-state index in [0.717, 1.165) is 52.1 Å². The number of allylic oxidation sites excluding steroid dienone is 1. The van der Waals surface area contributed by atoms with Gasteiger partial charge in [0.25, 0.3) is 5.56 Å². The molecule has 0 saturated carbocycles. The molecule has 0 N–H and O–H groups in total. The molecule has 0 radical (unpaired) electrons. The van der Waals surface area contributed by atoms with Crippen LogP contribution in [0.25, 0.3) is 11.8 Å². The fraction of sp³-hybridized carbons (Fsp3) is 0.189. The first-order chi connectivity index (χ1) is 22.0. The van der Waals surface area contributed by atoms with E-state index in [9.17, 15) is 4.79 Å². The number of methoxy groups -OCH3 is 1. The van der Waals surface area contributed by atoms with Gasteiger partial charge in [-0.15, -0.1) is 0 Å². The molecule has 226 valence electrons. The Labute approximate surface area is 270 Å². The predicted octanol–water partition coefficient (Wildman–Crippen LogP) is 6.96. The lowest BCUT2D eigenvalue weighted by Crippen LogP contribution is -2.38. The van der Waals surface area contributed by atoms with E-state index in [0.29, 0.717) is 39.1 Å². The van der Waals surface area contributed by atoms with E-state index in [1.54, 1.807) is 7.11 Å². The monoisotopic (exact) mass is 634 g/mol. The van der Waals surface area contributed by atoms with Crippen molar-refractivity contribution in [1.82, 2.24) is 4.57 Å². The molecule has 0 saturated heterocycles. The summed E-state index contributed by atoms with van der Waals surface area (Å²) in [7, 11) is 1.66. The lowest BCUT2D eigenvalue weighted by atomic mass is 9.83. The largest absolute Gasteiger partial charge is 0.497 e. The molecule has 4 aromatic carbocycles. The number of fused-ring (bicyclic) bond motifs is 3. The summed E-state index contributed by atoms with van der Waals surface area (Å²) >= 11 is 7.73. The van der Waals surface area contributed by atoms with Crippen LogP contribution < -0.4 is 29.1 Å². The van der Waals surface area contributed by atoms with Crippen molar-refractivity contribution in [2.24, 2.45) is 4.99 Å². The Morgan fingerprint density at radius 2 is 1.80 bits per heavy atom. The van der Waals surface area contributed by atoms with Gasteiger partial charge in [0, 0.05) is 16.1 Å². The lowest BCUT2D eigenvalue weighted by Gasteiger charge is -2.31. The van der Waals surface area contributed by atoms with Gasteiger partial charge in [-0.2, -0.15) is 0 Å². The van der Waals surface area contributed by atoms with Crippen molar-refractivity contribution in [2.45, 2.75) is 32.4 Å². The molecule has 0 bridgehead atoms. The molecule has 1 aliphatic carbocycles. The van der Waals surface area contributed by atoms with Crippen LogP contribution in [0.2, 0.25) is 5.02 Å². The van der Waals surface area contributed by atoms with Crippen molar-refractivity contribution in [3.63, 3.8) is 0 Å². The molecule has 0 fully saturated rings. The van der Waals surface area contributed by atoms with Gasteiger partial charge in [0.1, 0.15) is 12.4 Å². The number of aryl methyl sites for hydroxylation is 1. The third kappa shape index (κ3) is 5.58. The summed E-state index contributed by atoms with van der Waals surface area (Å²) in [4.78, 5) is 20.0. The summed E-state index contributed by atoms with van der Waals surface area (Å²) in [6.07, 6.45) is 3.64. The van der Waals surface area contributed by atoms with Crippen LogP contribution in [0.3, 0.4) is 0 Å². The van der Waals surface area contributed by atoms with Crippen molar-refractivity contribution in [2.75, 3.05) is 13.7 Å². The van der Waals surface area contributed by atoms with Crippen LogP contribution >= 0.6 is 22.9 Å². The first-order valence-corrected chi connectivity index (χ1v) is 16.1. The van der Waals surface area contributed by atoms with Gasteiger partial charge < -0.3 is 14.2 Å². The molecule has 0 amide bonds. The second kappa shape index (κ2) is 12.4. The first-order valence-electron chi connectivity index (χ1n) is 14.9. The van der Waals surface area contributed by atoms with Gasteiger partial charge in [-0.1, -0.05) is 83.6 Å². The summed E-state index contributed by atoms with van der Waals surface area (Å²) in [6.45, 7) is 2.72. The number of hydrogen-bond acceptors (Lipinski definition) is 6. The third-order valence-corrected chi connectivity index (χ3v) is 9.54. The summed E-state index contributed by atoms with van der Waals surface area (Å²) in [5.41, 5.74) is 7.19. The maximum absolute atomic E-state index is 14.2. The standard InChI is InChI=1S/C37H31ClN2O4S/c1-3-43-32-19-23(15-18-31(32)44-22-26-10-5-7-14-30(26)38)20-33-36(41)40-35(25-11-8-12-27(21-25)42-2)29-17-16-24-9-4-6-13-28(24)34(29)39-37(40)45-33/h4-15,18-21,35H,3,16-17,22H2,1-2H3/b33-20+/t35-/m0/s1. The summed E-state index contributed by atoms with van der Waals surface area (Å²) in [5, 5.41) is 0.653. The van der Waals surface area contributed by atoms with Crippen LogP contribution in [0.1, 0.15) is 47.2 Å². The minimum Gasteiger partial charge on any atom is -0.497 e. The Morgan fingerprint density at radius 1 is 0.956 bits per heavy atom. The van der Waals surface area contributed by atoms with Crippen LogP contribution in [0.4, 0.5) is 0 Å². The number of nitrogens with zero attached hydrogens (tertiary/aromatic N) is 2. The Kier molecular flexibility index (Phi) is 8.04. The number of benzene rings is 4. The number of halogens is 1. The summed E-state index contributed by atoms with van der Waals surface area (Å²) in [5.74, 6) is 1.97. The summed E-state index contributed by atoms with van der Waals surface area (Å²) < 4.78 is 20.1. The highest BCUT2D eigenvalue weighted by atomic mass is 35.5. The molecule has 45 heavy (non-hydrogen) atoms. The fourth-order valence-corrected chi connectivity index (χ4v) is 7.25. The Hall–Kier alpha value is -4.59. The smallest absolute Gasteiger partial charge is 0.271 e. The van der Waals surface area contributed by atoms with Gasteiger partial charge in [0.2, 0.25) is 0 Å². The average Bonchev–Trinajstić information content (AvgIpc) is 3.38. The van der Waals surface area contributed by atoms with E-state index < -0.39 is 0 Å². The molecule has 7 rings (SSSR count). The van der Waals surface area contributed by atoms with Crippen LogP contribution in [0.5, 0.6) is 17.2 Å². The van der Waals surface area contributed by atoms with Gasteiger partial charge in [-0.05, 0) is 78.4 Å². The molecule has 5 aromatic rings. The second-order valence-corrected chi connectivity index (χ2v) is 12.3. The van der Waals surface area contributed by atoms with E-state index in [1.165, 1.54) is 16.9 Å². The van der Waals surface area contributed by atoms with Gasteiger partial charge in [0.15, 0.2) is 16.3 Å². The molecule has 8 heteroatoms. The van der Waals surface area contributed by atoms with Crippen LogP contribution in [0, 0.1) is 0 Å². The Balaban J connectivity index is 1.32. The van der Waals surface area contributed by atoms with Crippen LogP contribution in [-0.2, 0) is 13.0 Å². The van der Waals surface area contributed by atoms with Crippen molar-refractivity contribution in [3.8, 4) is 17.2 Å². The number of ether oxygens (including phenoxy) is 3. The Morgan fingerprint density at radius 3 is 2.64 bits per heavy atom. The second-order valence-electron chi connectivity index (χ2n) is 10.9. The maximum Gasteiger partial charge on any atom is 0.271 e. The number of rotatable bonds is 8. The molecular formula is C37H31ClN2O4S. The SMILES string of the molecule is CCOc1cc(/C=c2/sc3n(c2=O)[C@@H](c2cccc(OC)c2)C2=C(N=3)c3ccccc3CC2)ccc1OCc1ccccc1Cl. The molecule has 2 aliphatic rings. The zero-order valence-electron chi connectivity index (χ0n) is 25.0. The molecule has 1 aliphatic heterocycles. The van der Waals surface area contributed by atoms with Gasteiger partial charge in [-0.3, -0.25) is 9.36 Å². The number of thiazole rings is 1. The number of aromatic nitrogens is 1. The van der Waals surface area contributed by atoms with Gasteiger partial charge in [-0.25, -0.2) is 4.99 Å². The van der Waals surface area contributed by atoms with Crippen molar-refractivity contribution in [1.29, 1.82) is 0 Å². The first kappa shape index (κ1) is 29.1. The highest BCUT2D eigenvalue weighted by molar-refractivity contribution is 7.07. The predicted molar refractivity (Wildman–Crippen MR) is 179 cm³/mol. The van der Waals surface area contributed by atoms with Crippen LogP contribution in [0.15, 0.2) is 106 Å². The van der Waals surface area contributed by atoms with Crippen molar-refractivity contribution >= 4 is 34.7 Å². The van der Waals surface area contributed by atoms with Crippen LogP contribution in [-0.4, -0.2) is 18.3 Å². The highest BCUT2D eigenvalue weighted by Crippen LogP contribution is 2.41.